The molecule has 0 saturated carbocycles. The topological polar surface area (TPSA) is 105 Å². The number of carbonyl (C=O) groups is 2. The van der Waals surface area contributed by atoms with E-state index >= 15 is 0 Å². The molecule has 1 saturated heterocycles. The molecule has 1 aliphatic rings. The number of esters is 2. The lowest BCUT2D eigenvalue weighted by molar-refractivity contribution is -0.0427. The van der Waals surface area contributed by atoms with Crippen LogP contribution in [-0.2, 0) is 34.9 Å². The average Bonchev–Trinajstić information content (AvgIpc) is 3.30. The van der Waals surface area contributed by atoms with Crippen molar-refractivity contribution in [3.8, 4) is 0 Å². The van der Waals surface area contributed by atoms with Gasteiger partial charge in [-0.3, -0.25) is 4.18 Å². The van der Waals surface area contributed by atoms with Crippen LogP contribution in [0.25, 0.3) is 0 Å². The van der Waals surface area contributed by atoms with Crippen LogP contribution in [0.15, 0.2) is 72.8 Å². The van der Waals surface area contributed by atoms with Crippen LogP contribution in [0.1, 0.15) is 55.5 Å². The van der Waals surface area contributed by atoms with Crippen LogP contribution in [0.5, 0.6) is 0 Å². The molecular formula is C30H32O8S. The molecule has 0 spiro atoms. The van der Waals surface area contributed by atoms with Crippen molar-refractivity contribution in [2.24, 2.45) is 0 Å². The quantitative estimate of drug-likeness (QED) is 0.263. The van der Waals surface area contributed by atoms with Gasteiger partial charge in [-0.05, 0) is 55.7 Å². The Hall–Kier alpha value is -3.53. The van der Waals surface area contributed by atoms with E-state index in [-0.39, 0.29) is 19.3 Å². The van der Waals surface area contributed by atoms with Crippen LogP contribution in [0.3, 0.4) is 0 Å². The Bertz CT molecular complexity index is 1380. The van der Waals surface area contributed by atoms with Gasteiger partial charge in [0.15, 0.2) is 0 Å². The normalized spacial score (nSPS) is 19.0. The molecule has 3 aromatic carbocycles. The smallest absolute Gasteiger partial charge is 0.338 e. The number of ether oxygens (including phenoxy) is 3. The summed E-state index contributed by atoms with van der Waals surface area (Å²) < 4.78 is 44.8. The summed E-state index contributed by atoms with van der Waals surface area (Å²) in [5.41, 5.74) is 4.70. The molecule has 0 radical (unpaired) electrons. The lowest BCUT2D eigenvalue weighted by atomic mass is 10.0. The van der Waals surface area contributed by atoms with E-state index in [1.54, 1.807) is 24.3 Å². The summed E-state index contributed by atoms with van der Waals surface area (Å²) in [4.78, 5) is 25.5. The second-order valence-electron chi connectivity index (χ2n) is 9.69. The fraction of sp³-hybridized carbons (Fsp3) is 0.333. The fourth-order valence-corrected chi connectivity index (χ4v) is 4.62. The van der Waals surface area contributed by atoms with Crippen molar-refractivity contribution in [2.45, 2.75) is 45.0 Å². The molecule has 0 N–H and O–H groups in total. The molecule has 8 nitrogen and oxygen atoms in total. The summed E-state index contributed by atoms with van der Waals surface area (Å²) in [5.74, 6) is -0.952. The third-order valence-corrected chi connectivity index (χ3v) is 7.05. The number of hydrogen-bond donors (Lipinski definition) is 0. The van der Waals surface area contributed by atoms with Crippen LogP contribution in [-0.4, -0.2) is 52.0 Å². The summed E-state index contributed by atoms with van der Waals surface area (Å²) in [6.07, 6.45) is 0.183. The average molecular weight is 553 g/mol. The monoisotopic (exact) mass is 552 g/mol. The van der Waals surface area contributed by atoms with E-state index in [0.717, 1.165) is 28.5 Å². The Morgan fingerprint density at radius 2 is 1.41 bits per heavy atom. The maximum atomic E-state index is 12.9. The number of aryl methyl sites for hydroxylation is 2. The molecule has 3 aromatic rings. The Morgan fingerprint density at radius 1 is 0.846 bits per heavy atom. The van der Waals surface area contributed by atoms with Gasteiger partial charge in [0.2, 0.25) is 0 Å². The van der Waals surface area contributed by atoms with Gasteiger partial charge in [-0.2, -0.15) is 8.42 Å². The minimum Gasteiger partial charge on any atom is -0.459 e. The van der Waals surface area contributed by atoms with Gasteiger partial charge < -0.3 is 14.2 Å². The van der Waals surface area contributed by atoms with Crippen molar-refractivity contribution in [2.75, 3.05) is 19.5 Å². The zero-order chi connectivity index (χ0) is 28.0. The van der Waals surface area contributed by atoms with Crippen LogP contribution >= 0.6 is 0 Å². The highest BCUT2D eigenvalue weighted by Gasteiger charge is 2.39. The molecular weight excluding hydrogens is 520 g/mol. The highest BCUT2D eigenvalue weighted by atomic mass is 32.2. The van der Waals surface area contributed by atoms with E-state index < -0.39 is 34.3 Å². The number of rotatable bonds is 10. The van der Waals surface area contributed by atoms with E-state index in [1.165, 1.54) is 0 Å². The molecule has 0 aromatic heterocycles. The molecule has 1 fully saturated rings. The maximum absolute atomic E-state index is 12.9. The first-order valence-electron chi connectivity index (χ1n) is 12.7. The fourth-order valence-electron chi connectivity index (χ4n) is 4.24. The van der Waals surface area contributed by atoms with Gasteiger partial charge in [-0.25, -0.2) is 9.59 Å². The van der Waals surface area contributed by atoms with E-state index in [2.05, 4.69) is 0 Å². The van der Waals surface area contributed by atoms with E-state index in [9.17, 15) is 18.0 Å². The predicted octanol–water partition coefficient (Wildman–Crippen LogP) is 4.73. The van der Waals surface area contributed by atoms with Gasteiger partial charge in [0, 0.05) is 6.42 Å². The highest BCUT2D eigenvalue weighted by Crippen LogP contribution is 2.35. The van der Waals surface area contributed by atoms with Crippen molar-refractivity contribution in [1.29, 1.82) is 0 Å². The van der Waals surface area contributed by atoms with Crippen molar-refractivity contribution in [1.82, 2.24) is 0 Å². The van der Waals surface area contributed by atoms with Crippen molar-refractivity contribution in [3.63, 3.8) is 0 Å². The first kappa shape index (κ1) is 28.5. The van der Waals surface area contributed by atoms with Crippen LogP contribution in [0, 0.1) is 13.8 Å². The SMILES string of the molecule is Cc1ccc(C(=O)OC[C@H]2O[C@@H](c3ccc(CCOS(C)(=O)=O)cc3)C[C@@H]2OC(=O)c2ccc(C)cc2)cc1. The number of hydrogen-bond acceptors (Lipinski definition) is 8. The van der Waals surface area contributed by atoms with Gasteiger partial charge >= 0.3 is 11.9 Å². The van der Waals surface area contributed by atoms with E-state index in [1.807, 2.05) is 62.4 Å². The van der Waals surface area contributed by atoms with E-state index in [4.69, 9.17) is 18.4 Å². The lowest BCUT2D eigenvalue weighted by Crippen LogP contribution is -2.32. The first-order chi connectivity index (χ1) is 18.6. The Labute approximate surface area is 229 Å². The first-order valence-corrected chi connectivity index (χ1v) is 14.5. The van der Waals surface area contributed by atoms with Gasteiger partial charge in [-0.1, -0.05) is 59.7 Å². The minimum absolute atomic E-state index is 0.0591. The summed E-state index contributed by atoms with van der Waals surface area (Å²) in [6.45, 7) is 3.86. The zero-order valence-corrected chi connectivity index (χ0v) is 23.0. The van der Waals surface area contributed by atoms with Gasteiger partial charge in [0.25, 0.3) is 10.1 Å². The Kier molecular flexibility index (Phi) is 9.16. The minimum atomic E-state index is -3.49. The Morgan fingerprint density at radius 3 is 1.97 bits per heavy atom. The van der Waals surface area contributed by atoms with E-state index in [0.29, 0.717) is 24.0 Å². The zero-order valence-electron chi connectivity index (χ0n) is 22.2. The lowest BCUT2D eigenvalue weighted by Gasteiger charge is -2.19. The van der Waals surface area contributed by atoms with Gasteiger partial charge in [0.05, 0.1) is 30.1 Å². The summed E-state index contributed by atoms with van der Waals surface area (Å²) in [7, 11) is -3.49. The Balaban J connectivity index is 1.44. The molecule has 1 aliphatic heterocycles. The molecule has 3 atom stereocenters. The highest BCUT2D eigenvalue weighted by molar-refractivity contribution is 7.85. The van der Waals surface area contributed by atoms with Crippen LogP contribution < -0.4 is 0 Å². The number of benzene rings is 3. The molecule has 206 valence electrons. The second-order valence-corrected chi connectivity index (χ2v) is 11.3. The van der Waals surface area contributed by atoms with Crippen molar-refractivity contribution < 1.29 is 36.4 Å². The van der Waals surface area contributed by atoms with Gasteiger partial charge in [0.1, 0.15) is 18.8 Å². The molecule has 0 unspecified atom stereocenters. The standard InChI is InChI=1S/C30H32O8S/c1-20-4-10-24(11-5-20)29(31)35-19-28-27(38-30(32)25-12-6-21(2)7-13-25)18-26(37-28)23-14-8-22(9-15-23)16-17-36-39(3,33)34/h4-15,26-28H,16-19H2,1-3H3/t26-,27+,28-/m1/s1. The molecule has 0 aliphatic carbocycles. The van der Waals surface area contributed by atoms with Gasteiger partial charge in [-0.15, -0.1) is 0 Å². The van der Waals surface area contributed by atoms with Crippen molar-refractivity contribution in [3.05, 3.63) is 106 Å². The third-order valence-electron chi connectivity index (χ3n) is 6.45. The second kappa shape index (κ2) is 12.5. The predicted molar refractivity (Wildman–Crippen MR) is 145 cm³/mol. The molecule has 4 rings (SSSR count). The summed E-state index contributed by atoms with van der Waals surface area (Å²) >= 11 is 0. The van der Waals surface area contributed by atoms with Crippen molar-refractivity contribution >= 4 is 22.1 Å². The van der Waals surface area contributed by atoms with Crippen LogP contribution in [0.4, 0.5) is 0 Å². The summed E-state index contributed by atoms with van der Waals surface area (Å²) in [5, 5.41) is 0. The molecule has 0 amide bonds. The molecule has 9 heteroatoms. The molecule has 1 heterocycles. The third kappa shape index (κ3) is 8.23. The number of carbonyl (C=O) groups excluding carboxylic acids is 2. The molecule has 0 bridgehead atoms. The summed E-state index contributed by atoms with van der Waals surface area (Å²) in [6, 6.07) is 21.7. The maximum Gasteiger partial charge on any atom is 0.338 e. The molecule has 39 heavy (non-hydrogen) atoms. The largest absolute Gasteiger partial charge is 0.459 e. The van der Waals surface area contributed by atoms with Crippen LogP contribution in [0.2, 0.25) is 0 Å².